The topological polar surface area (TPSA) is 99.0 Å². The van der Waals surface area contributed by atoms with Crippen LogP contribution >= 0.6 is 0 Å². The van der Waals surface area contributed by atoms with Gasteiger partial charge in [0.25, 0.3) is 0 Å². The van der Waals surface area contributed by atoms with Gasteiger partial charge in [-0.15, -0.1) is 0 Å². The van der Waals surface area contributed by atoms with Gasteiger partial charge in [0.15, 0.2) is 0 Å². The van der Waals surface area contributed by atoms with Crippen molar-refractivity contribution in [3.63, 3.8) is 0 Å². The first-order valence-electron chi connectivity index (χ1n) is 8.55. The number of nitrogens with zero attached hydrogens (tertiary/aromatic N) is 2. The van der Waals surface area contributed by atoms with E-state index in [0.29, 0.717) is 12.1 Å². The predicted octanol–water partition coefficient (Wildman–Crippen LogP) is 0.609. The minimum atomic E-state index is -0.344. The molecule has 0 amide bonds. The average Bonchev–Trinajstić information content (AvgIpc) is 2.92. The van der Waals surface area contributed by atoms with Crippen LogP contribution in [0.25, 0.3) is 5.69 Å². The summed E-state index contributed by atoms with van der Waals surface area (Å²) in [6.45, 7) is 1.06. The Labute approximate surface area is 140 Å². The lowest BCUT2D eigenvalue weighted by Gasteiger charge is -2.33. The minimum Gasteiger partial charge on any atom is -0.383 e. The zero-order valence-corrected chi connectivity index (χ0v) is 13.6. The Hall–Kier alpha value is -2.18. The molecule has 1 heterocycles. The van der Waals surface area contributed by atoms with E-state index < -0.39 is 0 Å². The smallest absolute Gasteiger partial charge is 0.354 e. The van der Waals surface area contributed by atoms with E-state index in [0.717, 1.165) is 43.8 Å². The second kappa shape index (κ2) is 6.03. The van der Waals surface area contributed by atoms with Crippen molar-refractivity contribution in [1.82, 2.24) is 14.9 Å². The van der Waals surface area contributed by atoms with Gasteiger partial charge in [-0.2, -0.15) is 4.98 Å². The maximum absolute atomic E-state index is 12.0. The SMILES string of the molecule is Nc1ccn(-c2ccc3c(c2)CC(NCC2CC(N)C2)C3)c(=O)n1. The second-order valence-corrected chi connectivity index (χ2v) is 7.07. The first kappa shape index (κ1) is 15.4. The van der Waals surface area contributed by atoms with E-state index >= 15 is 0 Å². The molecule has 1 aromatic carbocycles. The summed E-state index contributed by atoms with van der Waals surface area (Å²) < 4.78 is 1.53. The van der Waals surface area contributed by atoms with E-state index in [9.17, 15) is 4.79 Å². The highest BCUT2D eigenvalue weighted by Gasteiger charge is 2.28. The highest BCUT2D eigenvalue weighted by atomic mass is 16.1. The van der Waals surface area contributed by atoms with E-state index in [1.54, 1.807) is 12.3 Å². The van der Waals surface area contributed by atoms with Gasteiger partial charge in [-0.25, -0.2) is 4.79 Å². The van der Waals surface area contributed by atoms with Crippen molar-refractivity contribution in [1.29, 1.82) is 0 Å². The van der Waals surface area contributed by atoms with Gasteiger partial charge in [0, 0.05) is 18.3 Å². The molecule has 0 aliphatic heterocycles. The van der Waals surface area contributed by atoms with Crippen molar-refractivity contribution >= 4 is 5.82 Å². The molecular weight excluding hydrogens is 302 g/mol. The predicted molar refractivity (Wildman–Crippen MR) is 94.1 cm³/mol. The van der Waals surface area contributed by atoms with Crippen LogP contribution in [0.15, 0.2) is 35.3 Å². The molecule has 2 aliphatic rings. The fourth-order valence-electron chi connectivity index (χ4n) is 3.80. The van der Waals surface area contributed by atoms with Crippen molar-refractivity contribution in [2.24, 2.45) is 11.7 Å². The quantitative estimate of drug-likeness (QED) is 0.765. The largest absolute Gasteiger partial charge is 0.383 e. The highest BCUT2D eigenvalue weighted by molar-refractivity contribution is 5.44. The molecule has 24 heavy (non-hydrogen) atoms. The Kier molecular flexibility index (Phi) is 3.86. The standard InChI is InChI=1S/C18H23N5O/c19-14-5-11(6-14)10-21-15-7-12-1-2-16(9-13(12)8-15)23-4-3-17(20)22-18(23)24/h1-4,9,11,14-15,21H,5-8,10,19H2,(H2,20,22,24). The molecule has 2 aromatic rings. The molecule has 1 fully saturated rings. The van der Waals surface area contributed by atoms with Gasteiger partial charge in [0.1, 0.15) is 5.82 Å². The summed E-state index contributed by atoms with van der Waals surface area (Å²) in [5.74, 6) is 0.982. The normalized spacial score (nSPS) is 25.3. The van der Waals surface area contributed by atoms with Crippen LogP contribution < -0.4 is 22.5 Å². The molecule has 1 saturated carbocycles. The van der Waals surface area contributed by atoms with Gasteiger partial charge in [0.05, 0.1) is 5.69 Å². The van der Waals surface area contributed by atoms with Crippen molar-refractivity contribution in [2.75, 3.05) is 12.3 Å². The van der Waals surface area contributed by atoms with Crippen LogP contribution in [0.2, 0.25) is 0 Å². The third kappa shape index (κ3) is 2.95. The second-order valence-electron chi connectivity index (χ2n) is 7.07. The molecule has 4 rings (SSSR count). The van der Waals surface area contributed by atoms with Gasteiger partial charge >= 0.3 is 5.69 Å². The first-order chi connectivity index (χ1) is 11.6. The number of aromatic nitrogens is 2. The highest BCUT2D eigenvalue weighted by Crippen LogP contribution is 2.27. The van der Waals surface area contributed by atoms with E-state index in [1.165, 1.54) is 15.7 Å². The molecule has 126 valence electrons. The lowest BCUT2D eigenvalue weighted by Crippen LogP contribution is -2.44. The van der Waals surface area contributed by atoms with Crippen molar-refractivity contribution < 1.29 is 0 Å². The Morgan fingerprint density at radius 1 is 1.21 bits per heavy atom. The zero-order chi connectivity index (χ0) is 16.7. The van der Waals surface area contributed by atoms with Gasteiger partial charge < -0.3 is 16.8 Å². The summed E-state index contributed by atoms with van der Waals surface area (Å²) in [5.41, 5.74) is 14.6. The van der Waals surface area contributed by atoms with E-state index in [-0.39, 0.29) is 11.5 Å². The summed E-state index contributed by atoms with van der Waals surface area (Å²) in [6.07, 6.45) is 6.01. The fraction of sp³-hybridized carbons (Fsp3) is 0.444. The summed E-state index contributed by atoms with van der Waals surface area (Å²) in [7, 11) is 0. The average molecular weight is 325 g/mol. The van der Waals surface area contributed by atoms with Crippen molar-refractivity contribution in [2.45, 2.75) is 37.8 Å². The van der Waals surface area contributed by atoms with Gasteiger partial charge in [-0.1, -0.05) is 6.07 Å². The number of anilines is 1. The Morgan fingerprint density at radius 3 is 2.75 bits per heavy atom. The van der Waals surface area contributed by atoms with E-state index in [1.807, 2.05) is 6.07 Å². The molecule has 2 aliphatic carbocycles. The first-order valence-corrected chi connectivity index (χ1v) is 8.55. The van der Waals surface area contributed by atoms with Crippen LogP contribution in [0.5, 0.6) is 0 Å². The lowest BCUT2D eigenvalue weighted by molar-refractivity contribution is 0.248. The molecule has 1 unspecified atom stereocenters. The number of hydrogen-bond acceptors (Lipinski definition) is 5. The van der Waals surface area contributed by atoms with Crippen LogP contribution in [0.4, 0.5) is 5.82 Å². The van der Waals surface area contributed by atoms with Crippen LogP contribution in [0.1, 0.15) is 24.0 Å². The number of hydrogen-bond donors (Lipinski definition) is 3. The van der Waals surface area contributed by atoms with Crippen molar-refractivity contribution in [3.8, 4) is 5.69 Å². The summed E-state index contributed by atoms with van der Waals surface area (Å²) in [6, 6.07) is 8.72. The number of nitrogens with one attached hydrogen (secondary N) is 1. The Balaban J connectivity index is 1.46. The van der Waals surface area contributed by atoms with Crippen LogP contribution in [-0.2, 0) is 12.8 Å². The van der Waals surface area contributed by atoms with Crippen LogP contribution in [0.3, 0.4) is 0 Å². The molecular formula is C18H23N5O. The molecule has 6 nitrogen and oxygen atoms in total. The lowest BCUT2D eigenvalue weighted by atomic mass is 9.81. The van der Waals surface area contributed by atoms with Crippen LogP contribution in [0, 0.1) is 5.92 Å². The number of benzene rings is 1. The molecule has 0 saturated heterocycles. The Bertz CT molecular complexity index is 809. The number of nitrogens with two attached hydrogens (primary N) is 2. The molecule has 1 aromatic heterocycles. The fourth-order valence-corrected chi connectivity index (χ4v) is 3.80. The molecule has 0 radical (unpaired) electrons. The van der Waals surface area contributed by atoms with Gasteiger partial charge in [-0.3, -0.25) is 4.57 Å². The third-order valence-corrected chi connectivity index (χ3v) is 5.19. The molecule has 6 heteroatoms. The third-order valence-electron chi connectivity index (χ3n) is 5.19. The number of fused-ring (bicyclic) bond motifs is 1. The molecule has 0 bridgehead atoms. The number of rotatable bonds is 4. The monoisotopic (exact) mass is 325 g/mol. The number of nitrogen functional groups attached to an aromatic ring is 1. The maximum atomic E-state index is 12.0. The molecule has 0 spiro atoms. The zero-order valence-electron chi connectivity index (χ0n) is 13.6. The van der Waals surface area contributed by atoms with Crippen molar-refractivity contribution in [3.05, 3.63) is 52.1 Å². The maximum Gasteiger partial charge on any atom is 0.354 e. The van der Waals surface area contributed by atoms with E-state index in [2.05, 4.69) is 22.4 Å². The minimum absolute atomic E-state index is 0.248. The molecule has 1 atom stereocenters. The summed E-state index contributed by atoms with van der Waals surface area (Å²) >= 11 is 0. The molecule has 5 N–H and O–H groups in total. The van der Waals surface area contributed by atoms with Gasteiger partial charge in [0.2, 0.25) is 0 Å². The Morgan fingerprint density at radius 2 is 2.00 bits per heavy atom. The summed E-state index contributed by atoms with van der Waals surface area (Å²) in [5, 5.41) is 3.68. The van der Waals surface area contributed by atoms with E-state index in [4.69, 9.17) is 11.5 Å². The summed E-state index contributed by atoms with van der Waals surface area (Å²) in [4.78, 5) is 15.8. The van der Waals surface area contributed by atoms with Crippen LogP contribution in [-0.4, -0.2) is 28.2 Å². The van der Waals surface area contributed by atoms with Gasteiger partial charge in [-0.05, 0) is 67.5 Å².